The first-order valence-electron chi connectivity index (χ1n) is 8.26. The van der Waals surface area contributed by atoms with Crippen LogP contribution in [0.2, 0.25) is 0 Å². The van der Waals surface area contributed by atoms with E-state index < -0.39 is 36.6 Å². The number of aliphatic hydroxyl groups excluding tert-OH is 2. The molecule has 1 aliphatic heterocycles. The predicted molar refractivity (Wildman–Crippen MR) is 95.2 cm³/mol. The van der Waals surface area contributed by atoms with Crippen molar-refractivity contribution in [2.24, 2.45) is 0 Å². The molecular weight excluding hydrogens is 356 g/mol. The zero-order valence-electron chi connectivity index (χ0n) is 15.2. The summed E-state index contributed by atoms with van der Waals surface area (Å²) in [6, 6.07) is 0. The van der Waals surface area contributed by atoms with Crippen molar-refractivity contribution in [3.05, 3.63) is 24.2 Å². The first kappa shape index (κ1) is 19.2. The average Bonchev–Trinajstić information content (AvgIpc) is 3.12. The van der Waals surface area contributed by atoms with Crippen LogP contribution in [0.3, 0.4) is 0 Å². The van der Waals surface area contributed by atoms with Crippen molar-refractivity contribution in [3.8, 4) is 0 Å². The second-order valence-electron chi connectivity index (χ2n) is 6.64. The van der Waals surface area contributed by atoms with Crippen LogP contribution in [0.4, 0.5) is 5.82 Å². The molecule has 2 aromatic rings. The number of rotatable bonds is 4. The molecule has 10 heteroatoms. The Balaban J connectivity index is 2.20. The highest BCUT2D eigenvalue weighted by Gasteiger charge is 2.53. The van der Waals surface area contributed by atoms with Gasteiger partial charge in [-0.1, -0.05) is 0 Å². The molecule has 0 unspecified atom stereocenters. The lowest BCUT2D eigenvalue weighted by Crippen LogP contribution is -2.44. The van der Waals surface area contributed by atoms with Gasteiger partial charge in [0.25, 0.3) is 0 Å². The molecular formula is C17H22N4O6. The number of fused-ring (bicyclic) bond motifs is 1. The van der Waals surface area contributed by atoms with Crippen LogP contribution in [0.1, 0.15) is 25.6 Å². The number of carbonyl (C=O) groups is 1. The topological polar surface area (TPSA) is 153 Å². The molecule has 2 aromatic heterocycles. The zero-order chi connectivity index (χ0) is 19.9. The molecule has 1 fully saturated rings. The fraction of sp³-hybridized carbons (Fsp3) is 0.471. The maximum absolute atomic E-state index is 11.6. The van der Waals surface area contributed by atoms with Crippen molar-refractivity contribution in [2.75, 3.05) is 19.5 Å². The maximum Gasteiger partial charge on any atom is 0.330 e. The lowest BCUT2D eigenvalue weighted by molar-refractivity contribution is -0.134. The molecule has 1 saturated heterocycles. The normalized spacial score (nSPS) is 28.7. The van der Waals surface area contributed by atoms with Gasteiger partial charge in [-0.05, 0) is 19.4 Å². The van der Waals surface area contributed by atoms with E-state index in [-0.39, 0.29) is 5.82 Å². The number of nitrogen functional groups attached to an aromatic ring is 1. The van der Waals surface area contributed by atoms with E-state index in [1.807, 2.05) is 0 Å². The Morgan fingerprint density at radius 1 is 1.52 bits per heavy atom. The monoisotopic (exact) mass is 378 g/mol. The number of aromatic nitrogens is 3. The average molecular weight is 378 g/mol. The lowest BCUT2D eigenvalue weighted by Gasteiger charge is -2.27. The molecule has 0 radical (unpaired) electrons. The number of hydrogen-bond donors (Lipinski definition) is 4. The third kappa shape index (κ3) is 3.06. The molecule has 3 heterocycles. The summed E-state index contributed by atoms with van der Waals surface area (Å²) >= 11 is 0. The van der Waals surface area contributed by atoms with Crippen LogP contribution in [0, 0.1) is 0 Å². The van der Waals surface area contributed by atoms with E-state index in [0.29, 0.717) is 22.2 Å². The predicted octanol–water partition coefficient (Wildman–Crippen LogP) is -0.409. The minimum absolute atomic E-state index is 0.184. The summed E-state index contributed by atoms with van der Waals surface area (Å²) in [6.07, 6.45) is 0.860. The van der Waals surface area contributed by atoms with Gasteiger partial charge in [-0.2, -0.15) is 0 Å². The number of anilines is 1. The van der Waals surface area contributed by atoms with Crippen LogP contribution in [0.5, 0.6) is 0 Å². The SMILES string of the molecule is COC(=O)C=C(C)c1cn([C@@H]2O[C@H](CO)[C@@H](O)[C@@]2(C)O)c2ncnc(N)c12. The molecule has 0 bridgehead atoms. The van der Waals surface area contributed by atoms with Crippen molar-refractivity contribution in [1.29, 1.82) is 0 Å². The third-order valence-corrected chi connectivity index (χ3v) is 4.79. The number of allylic oxidation sites excluding steroid dienone is 1. The van der Waals surface area contributed by atoms with E-state index in [1.54, 1.807) is 13.1 Å². The van der Waals surface area contributed by atoms with Gasteiger partial charge < -0.3 is 35.1 Å². The zero-order valence-corrected chi connectivity index (χ0v) is 15.2. The van der Waals surface area contributed by atoms with Gasteiger partial charge in [0.2, 0.25) is 0 Å². The summed E-state index contributed by atoms with van der Waals surface area (Å²) < 4.78 is 11.8. The van der Waals surface area contributed by atoms with Crippen molar-refractivity contribution in [1.82, 2.24) is 14.5 Å². The van der Waals surface area contributed by atoms with E-state index >= 15 is 0 Å². The first-order valence-corrected chi connectivity index (χ1v) is 8.26. The van der Waals surface area contributed by atoms with Gasteiger partial charge in [0.1, 0.15) is 35.6 Å². The van der Waals surface area contributed by atoms with Gasteiger partial charge in [0, 0.05) is 17.8 Å². The quantitative estimate of drug-likeness (QED) is 0.411. The fourth-order valence-electron chi connectivity index (χ4n) is 3.29. The standard InChI is InChI=1S/C17H22N4O6/c1-8(4-11(23)26-3)9-5-21(15-12(9)14(18)19-7-20-15)16-17(2,25)13(24)10(6-22)27-16/h4-5,7,10,13,16,22,24-25H,6H2,1-3H3,(H2,18,19,20)/t10-,13-,16-,17-/m1/s1. The molecule has 0 amide bonds. The van der Waals surface area contributed by atoms with Gasteiger partial charge in [-0.3, -0.25) is 0 Å². The second kappa shape index (κ2) is 6.89. The van der Waals surface area contributed by atoms with Crippen LogP contribution < -0.4 is 5.73 Å². The van der Waals surface area contributed by atoms with E-state index in [1.165, 1.54) is 31.0 Å². The first-order chi connectivity index (χ1) is 12.7. The Bertz CT molecular complexity index is 906. The largest absolute Gasteiger partial charge is 0.466 e. The molecule has 5 N–H and O–H groups in total. The molecule has 1 aliphatic rings. The Morgan fingerprint density at radius 2 is 2.22 bits per heavy atom. The summed E-state index contributed by atoms with van der Waals surface area (Å²) in [5, 5.41) is 30.9. The molecule has 10 nitrogen and oxygen atoms in total. The van der Waals surface area contributed by atoms with Gasteiger partial charge in [0.05, 0.1) is 19.1 Å². The third-order valence-electron chi connectivity index (χ3n) is 4.79. The second-order valence-corrected chi connectivity index (χ2v) is 6.64. The highest BCUT2D eigenvalue weighted by Crippen LogP contribution is 2.41. The summed E-state index contributed by atoms with van der Waals surface area (Å²) in [6.45, 7) is 2.64. The smallest absolute Gasteiger partial charge is 0.330 e. The number of carbonyl (C=O) groups excluding carboxylic acids is 1. The number of methoxy groups -OCH3 is 1. The highest BCUT2D eigenvalue weighted by atomic mass is 16.6. The Hall–Kier alpha value is -2.53. The van der Waals surface area contributed by atoms with E-state index in [0.717, 1.165) is 0 Å². The number of aliphatic hydroxyl groups is 3. The molecule has 4 atom stereocenters. The van der Waals surface area contributed by atoms with Gasteiger partial charge in [-0.25, -0.2) is 14.8 Å². The Kier molecular flexibility index (Phi) is 4.91. The van der Waals surface area contributed by atoms with Crippen molar-refractivity contribution < 1.29 is 29.6 Å². The number of ether oxygens (including phenoxy) is 2. The van der Waals surface area contributed by atoms with Gasteiger partial charge >= 0.3 is 5.97 Å². The molecule has 0 saturated carbocycles. The van der Waals surface area contributed by atoms with Crippen LogP contribution in [-0.2, 0) is 14.3 Å². The Morgan fingerprint density at radius 3 is 2.81 bits per heavy atom. The maximum atomic E-state index is 11.6. The summed E-state index contributed by atoms with van der Waals surface area (Å²) in [5.41, 5.74) is 5.77. The number of esters is 1. The van der Waals surface area contributed by atoms with Crippen molar-refractivity contribution in [2.45, 2.75) is 37.9 Å². The minimum Gasteiger partial charge on any atom is -0.466 e. The van der Waals surface area contributed by atoms with E-state index in [2.05, 4.69) is 14.7 Å². The number of nitrogens with zero attached hydrogens (tertiary/aromatic N) is 3. The molecule has 146 valence electrons. The lowest BCUT2D eigenvalue weighted by atomic mass is 9.96. The van der Waals surface area contributed by atoms with Gasteiger partial charge in [0.15, 0.2) is 6.23 Å². The summed E-state index contributed by atoms with van der Waals surface area (Å²) in [7, 11) is 1.27. The van der Waals surface area contributed by atoms with E-state index in [4.69, 9.17) is 10.5 Å². The summed E-state index contributed by atoms with van der Waals surface area (Å²) in [5.74, 6) is -0.355. The highest BCUT2D eigenvalue weighted by molar-refractivity contribution is 6.01. The molecule has 0 aliphatic carbocycles. The number of hydrogen-bond acceptors (Lipinski definition) is 9. The molecule has 3 rings (SSSR count). The Labute approximate surface area is 154 Å². The van der Waals surface area contributed by atoms with Crippen molar-refractivity contribution >= 4 is 28.4 Å². The minimum atomic E-state index is -1.70. The fourth-order valence-corrected chi connectivity index (χ4v) is 3.29. The van der Waals surface area contributed by atoms with Crippen LogP contribution in [0.15, 0.2) is 18.6 Å². The van der Waals surface area contributed by atoms with Crippen LogP contribution in [-0.4, -0.2) is 67.3 Å². The van der Waals surface area contributed by atoms with E-state index in [9.17, 15) is 20.1 Å². The van der Waals surface area contributed by atoms with Gasteiger partial charge in [-0.15, -0.1) is 0 Å². The molecule has 27 heavy (non-hydrogen) atoms. The van der Waals surface area contributed by atoms with Crippen molar-refractivity contribution in [3.63, 3.8) is 0 Å². The molecule has 0 spiro atoms. The van der Waals surface area contributed by atoms with Crippen LogP contribution >= 0.6 is 0 Å². The summed E-state index contributed by atoms with van der Waals surface area (Å²) in [4.78, 5) is 19.8. The molecule has 0 aromatic carbocycles. The number of nitrogens with two attached hydrogens (primary N) is 1. The van der Waals surface area contributed by atoms with Crippen LogP contribution in [0.25, 0.3) is 16.6 Å².